The normalized spacial score (nSPS) is 13.8. The molecule has 4 rings (SSSR count). The molecule has 0 spiro atoms. The summed E-state index contributed by atoms with van der Waals surface area (Å²) in [7, 11) is 1.28. The third-order valence-corrected chi connectivity index (χ3v) is 5.83. The average molecular weight is 438 g/mol. The molecule has 1 aromatic heterocycles. The molecule has 0 amide bonds. The van der Waals surface area contributed by atoms with Crippen molar-refractivity contribution in [2.45, 2.75) is 0 Å². The van der Waals surface area contributed by atoms with Gasteiger partial charge in [-0.1, -0.05) is 18.2 Å². The molecule has 9 heteroatoms. The number of methoxy groups -OCH3 is 1. The van der Waals surface area contributed by atoms with E-state index in [0.717, 1.165) is 16.9 Å². The summed E-state index contributed by atoms with van der Waals surface area (Å²) in [5.74, 6) is -1.74. The van der Waals surface area contributed by atoms with E-state index in [9.17, 15) is 14.7 Å². The highest BCUT2D eigenvalue weighted by Crippen LogP contribution is 2.39. The third kappa shape index (κ3) is 3.34. The molecular formula is C21H14N2O5S2. The number of carbonyl (C=O) groups is 2. The molecule has 0 unspecified atom stereocenters. The first kappa shape index (κ1) is 19.7. The Balaban J connectivity index is 1.82. The minimum absolute atomic E-state index is 0.117. The highest BCUT2D eigenvalue weighted by atomic mass is 32.1. The van der Waals surface area contributed by atoms with Crippen molar-refractivity contribution in [3.05, 3.63) is 68.5 Å². The third-order valence-electron chi connectivity index (χ3n) is 4.52. The number of aromatic nitrogens is 1. The van der Waals surface area contributed by atoms with Gasteiger partial charge in [0.05, 0.1) is 28.9 Å². The Kier molecular flexibility index (Phi) is 5.06. The summed E-state index contributed by atoms with van der Waals surface area (Å²) < 4.78 is 6.65. The van der Waals surface area contributed by atoms with Crippen LogP contribution in [0.2, 0.25) is 0 Å². The molecule has 0 fully saturated rings. The molecule has 1 aliphatic rings. The number of hydrogen-bond donors (Lipinski definition) is 2. The number of carboxylic acids is 1. The van der Waals surface area contributed by atoms with Crippen LogP contribution in [0.15, 0.2) is 53.5 Å². The van der Waals surface area contributed by atoms with Crippen LogP contribution in [0, 0.1) is 3.95 Å². The van der Waals surface area contributed by atoms with E-state index < -0.39 is 11.9 Å². The van der Waals surface area contributed by atoms with Crippen LogP contribution in [-0.4, -0.2) is 39.5 Å². The molecule has 150 valence electrons. The summed E-state index contributed by atoms with van der Waals surface area (Å²) in [6.07, 6.45) is 1.65. The molecular weight excluding hydrogens is 424 g/mol. The second-order valence-corrected chi connectivity index (χ2v) is 7.95. The smallest absolute Gasteiger partial charge is 0.357 e. The van der Waals surface area contributed by atoms with Gasteiger partial charge in [0.15, 0.2) is 9.67 Å². The van der Waals surface area contributed by atoms with Crippen molar-refractivity contribution in [2.24, 2.45) is 4.99 Å². The first-order valence-corrected chi connectivity index (χ1v) is 9.90. The van der Waals surface area contributed by atoms with Gasteiger partial charge in [0.25, 0.3) is 0 Å². The number of benzene rings is 2. The fourth-order valence-corrected chi connectivity index (χ4v) is 4.39. The van der Waals surface area contributed by atoms with Crippen LogP contribution >= 0.6 is 23.6 Å². The van der Waals surface area contributed by atoms with Crippen LogP contribution in [0.4, 0.5) is 5.69 Å². The minimum atomic E-state index is -1.04. The van der Waals surface area contributed by atoms with E-state index in [0.29, 0.717) is 25.8 Å². The number of aromatic hydroxyl groups is 1. The lowest BCUT2D eigenvalue weighted by atomic mass is 10.0. The lowest BCUT2D eigenvalue weighted by Crippen LogP contribution is -2.14. The highest BCUT2D eigenvalue weighted by Gasteiger charge is 2.27. The van der Waals surface area contributed by atoms with Gasteiger partial charge in [0.2, 0.25) is 5.88 Å². The highest BCUT2D eigenvalue weighted by molar-refractivity contribution is 7.73. The Morgan fingerprint density at radius 3 is 2.53 bits per heavy atom. The van der Waals surface area contributed by atoms with E-state index in [-0.39, 0.29) is 17.2 Å². The van der Waals surface area contributed by atoms with Crippen molar-refractivity contribution >= 4 is 58.5 Å². The van der Waals surface area contributed by atoms with Crippen LogP contribution in [0.25, 0.3) is 17.3 Å². The topological polar surface area (TPSA) is 101 Å². The molecule has 2 aromatic carbocycles. The number of aromatic carboxylic acids is 1. The number of carboxylic acid groups (broad SMARTS) is 1. The largest absolute Gasteiger partial charge is 0.493 e. The van der Waals surface area contributed by atoms with Crippen molar-refractivity contribution in [3.8, 4) is 11.6 Å². The van der Waals surface area contributed by atoms with Crippen LogP contribution < -0.4 is 0 Å². The molecule has 0 aliphatic carbocycles. The zero-order valence-corrected chi connectivity index (χ0v) is 17.2. The lowest BCUT2D eigenvalue weighted by molar-refractivity contribution is -0.132. The number of hydrogen-bond acceptors (Lipinski definition) is 7. The predicted molar refractivity (Wildman–Crippen MR) is 117 cm³/mol. The number of esters is 1. The lowest BCUT2D eigenvalue weighted by Gasteiger charge is -2.06. The molecule has 0 atom stereocenters. The first-order valence-electron chi connectivity index (χ1n) is 8.67. The number of ether oxygens (including phenoxy) is 1. The molecule has 7 nitrogen and oxygen atoms in total. The summed E-state index contributed by atoms with van der Waals surface area (Å²) in [5.41, 5.74) is 2.71. The molecule has 2 heterocycles. The second kappa shape index (κ2) is 7.69. The van der Waals surface area contributed by atoms with Gasteiger partial charge in [0, 0.05) is 11.1 Å². The summed E-state index contributed by atoms with van der Waals surface area (Å²) in [5, 5.41) is 19.9. The van der Waals surface area contributed by atoms with Crippen molar-refractivity contribution in [1.29, 1.82) is 0 Å². The zero-order valence-electron chi connectivity index (χ0n) is 15.5. The SMILES string of the molecule is COC(=O)C1=Nc2ccccc2/C1=C\c1sc(=S)n(-c2ccc(C(=O)O)cc2)c1O. The summed E-state index contributed by atoms with van der Waals surface area (Å²) in [6, 6.07) is 13.3. The predicted octanol–water partition coefficient (Wildman–Crippen LogP) is 4.47. The monoisotopic (exact) mass is 438 g/mol. The maximum atomic E-state index is 12.2. The van der Waals surface area contributed by atoms with Crippen molar-refractivity contribution in [3.63, 3.8) is 0 Å². The number of rotatable bonds is 4. The molecule has 0 saturated carbocycles. The fourth-order valence-electron chi connectivity index (χ4n) is 3.09. The van der Waals surface area contributed by atoms with E-state index in [1.165, 1.54) is 23.8 Å². The summed E-state index contributed by atoms with van der Waals surface area (Å²) in [6.45, 7) is 0. The number of aliphatic imine (C=N–C) groups is 1. The number of carbonyl (C=O) groups excluding carboxylic acids is 1. The summed E-state index contributed by atoms with van der Waals surface area (Å²) >= 11 is 6.56. The van der Waals surface area contributed by atoms with E-state index in [2.05, 4.69) is 4.99 Å². The van der Waals surface area contributed by atoms with Gasteiger partial charge in [-0.05, 0) is 48.6 Å². The van der Waals surface area contributed by atoms with Crippen LogP contribution in [0.1, 0.15) is 20.8 Å². The molecule has 0 bridgehead atoms. The van der Waals surface area contributed by atoms with Crippen LogP contribution in [0.5, 0.6) is 5.88 Å². The quantitative estimate of drug-likeness (QED) is 0.460. The number of thiazole rings is 1. The van der Waals surface area contributed by atoms with E-state index in [4.69, 9.17) is 22.1 Å². The van der Waals surface area contributed by atoms with Gasteiger partial charge < -0.3 is 14.9 Å². The van der Waals surface area contributed by atoms with E-state index >= 15 is 0 Å². The van der Waals surface area contributed by atoms with Crippen LogP contribution in [0.3, 0.4) is 0 Å². The fraction of sp³-hybridized carbons (Fsp3) is 0.0476. The van der Waals surface area contributed by atoms with Crippen molar-refractivity contribution < 1.29 is 24.5 Å². The number of para-hydroxylation sites is 1. The maximum absolute atomic E-state index is 12.2. The average Bonchev–Trinajstić information content (AvgIpc) is 3.25. The van der Waals surface area contributed by atoms with Crippen LogP contribution in [-0.2, 0) is 9.53 Å². The standard InChI is InChI=1S/C21H14N2O5S2/c1-28-20(27)17-14(13-4-2-3-5-15(13)22-17)10-16-18(24)23(21(29)30-16)12-8-6-11(7-9-12)19(25)26/h2-10,24H,1H3,(H,25,26)/b14-10+. The molecule has 0 saturated heterocycles. The molecule has 3 aromatic rings. The zero-order chi connectivity index (χ0) is 21.4. The van der Waals surface area contributed by atoms with Gasteiger partial charge >= 0.3 is 11.9 Å². The van der Waals surface area contributed by atoms with Gasteiger partial charge in [-0.2, -0.15) is 0 Å². The number of fused-ring (bicyclic) bond motifs is 1. The Morgan fingerprint density at radius 2 is 1.87 bits per heavy atom. The van der Waals surface area contributed by atoms with Gasteiger partial charge in [-0.15, -0.1) is 11.3 Å². The maximum Gasteiger partial charge on any atom is 0.357 e. The van der Waals surface area contributed by atoms with E-state index in [1.54, 1.807) is 24.3 Å². The van der Waals surface area contributed by atoms with Gasteiger partial charge in [-0.25, -0.2) is 14.6 Å². The second-order valence-electron chi connectivity index (χ2n) is 6.27. The minimum Gasteiger partial charge on any atom is -0.493 e. The number of nitrogens with zero attached hydrogens (tertiary/aromatic N) is 2. The Morgan fingerprint density at radius 1 is 1.17 bits per heavy atom. The molecule has 1 aliphatic heterocycles. The molecule has 0 radical (unpaired) electrons. The van der Waals surface area contributed by atoms with E-state index in [1.807, 2.05) is 18.2 Å². The Labute approximate surface area is 179 Å². The molecule has 30 heavy (non-hydrogen) atoms. The van der Waals surface area contributed by atoms with Gasteiger partial charge in [0.1, 0.15) is 0 Å². The Bertz CT molecular complexity index is 1300. The van der Waals surface area contributed by atoms with Gasteiger partial charge in [-0.3, -0.25) is 4.57 Å². The first-order chi connectivity index (χ1) is 14.4. The Hall–Kier alpha value is -3.56. The van der Waals surface area contributed by atoms with Crippen molar-refractivity contribution in [2.75, 3.05) is 7.11 Å². The summed E-state index contributed by atoms with van der Waals surface area (Å²) in [4.78, 5) is 28.1. The molecule has 2 N–H and O–H groups in total. The van der Waals surface area contributed by atoms with Crippen molar-refractivity contribution in [1.82, 2.24) is 4.57 Å².